The summed E-state index contributed by atoms with van der Waals surface area (Å²) in [5, 5.41) is 5.68. The molecule has 2 rings (SSSR count). The third-order valence-corrected chi connectivity index (χ3v) is 3.84. The van der Waals surface area contributed by atoms with Crippen molar-refractivity contribution in [2.75, 3.05) is 19.5 Å². The lowest BCUT2D eigenvalue weighted by molar-refractivity contribution is 0.249. The van der Waals surface area contributed by atoms with E-state index in [9.17, 15) is 4.79 Å². The highest BCUT2D eigenvalue weighted by Crippen LogP contribution is 2.29. The Bertz CT molecular complexity index is 691. The predicted octanol–water partition coefficient (Wildman–Crippen LogP) is 4.35. The Balaban J connectivity index is 2.07. The van der Waals surface area contributed by atoms with Gasteiger partial charge in [0.15, 0.2) is 0 Å². The van der Waals surface area contributed by atoms with Gasteiger partial charge >= 0.3 is 6.03 Å². The highest BCUT2D eigenvalue weighted by atomic mass is 79.9. The van der Waals surface area contributed by atoms with Gasteiger partial charge in [-0.1, -0.05) is 28.1 Å². The van der Waals surface area contributed by atoms with E-state index >= 15 is 0 Å². The van der Waals surface area contributed by atoms with E-state index < -0.39 is 0 Å². The number of amides is 2. The van der Waals surface area contributed by atoms with Crippen LogP contribution in [0, 0.1) is 0 Å². The fourth-order valence-electron chi connectivity index (χ4n) is 2.13. The third kappa shape index (κ3) is 4.63. The topological polar surface area (TPSA) is 59.6 Å². The zero-order valence-corrected chi connectivity index (χ0v) is 14.8. The van der Waals surface area contributed by atoms with E-state index in [-0.39, 0.29) is 12.1 Å². The zero-order chi connectivity index (χ0) is 16.8. The van der Waals surface area contributed by atoms with Crippen LogP contribution in [0.15, 0.2) is 46.9 Å². The Labute approximate surface area is 144 Å². The van der Waals surface area contributed by atoms with Crippen molar-refractivity contribution >= 4 is 27.6 Å². The van der Waals surface area contributed by atoms with Crippen LogP contribution in [-0.2, 0) is 0 Å². The van der Waals surface area contributed by atoms with Crippen molar-refractivity contribution in [2.24, 2.45) is 0 Å². The molecule has 0 aliphatic heterocycles. The number of nitrogens with one attached hydrogen (secondary N) is 2. The Morgan fingerprint density at radius 1 is 1.13 bits per heavy atom. The van der Waals surface area contributed by atoms with Crippen molar-refractivity contribution in [3.05, 3.63) is 52.5 Å². The first-order valence-electron chi connectivity index (χ1n) is 7.08. The fraction of sp³-hybridized carbons (Fsp3) is 0.235. The Morgan fingerprint density at radius 2 is 1.91 bits per heavy atom. The van der Waals surface area contributed by atoms with Gasteiger partial charge < -0.3 is 20.1 Å². The summed E-state index contributed by atoms with van der Waals surface area (Å²) in [6, 6.07) is 12.6. The first-order chi connectivity index (χ1) is 11.0. The summed E-state index contributed by atoms with van der Waals surface area (Å²) in [6.45, 7) is 1.92. The summed E-state index contributed by atoms with van der Waals surface area (Å²) < 4.78 is 11.4. The summed E-state index contributed by atoms with van der Waals surface area (Å²) in [5.41, 5.74) is 1.55. The maximum absolute atomic E-state index is 12.2. The van der Waals surface area contributed by atoms with Crippen LogP contribution < -0.4 is 20.1 Å². The lowest BCUT2D eigenvalue weighted by Crippen LogP contribution is -2.31. The molecule has 2 amide bonds. The van der Waals surface area contributed by atoms with Gasteiger partial charge in [0.1, 0.15) is 11.5 Å². The van der Waals surface area contributed by atoms with Crippen molar-refractivity contribution in [1.29, 1.82) is 0 Å². The van der Waals surface area contributed by atoms with Crippen LogP contribution in [0.2, 0.25) is 0 Å². The van der Waals surface area contributed by atoms with Crippen LogP contribution in [0.5, 0.6) is 11.5 Å². The molecule has 5 nitrogen and oxygen atoms in total. The molecule has 0 aromatic heterocycles. The average molecular weight is 379 g/mol. The summed E-state index contributed by atoms with van der Waals surface area (Å²) in [4.78, 5) is 12.2. The molecule has 2 aromatic carbocycles. The number of urea groups is 1. The number of carbonyl (C=O) groups excluding carboxylic acids is 1. The van der Waals surface area contributed by atoms with Crippen molar-refractivity contribution in [2.45, 2.75) is 13.0 Å². The van der Waals surface area contributed by atoms with E-state index in [2.05, 4.69) is 26.6 Å². The van der Waals surface area contributed by atoms with Crippen LogP contribution in [0.3, 0.4) is 0 Å². The predicted molar refractivity (Wildman–Crippen MR) is 94.3 cm³/mol. The van der Waals surface area contributed by atoms with E-state index in [1.807, 2.05) is 31.2 Å². The van der Waals surface area contributed by atoms with Crippen LogP contribution in [0.4, 0.5) is 10.5 Å². The minimum absolute atomic E-state index is 0.135. The van der Waals surface area contributed by atoms with Crippen LogP contribution in [0.1, 0.15) is 18.5 Å². The highest BCUT2D eigenvalue weighted by Gasteiger charge is 2.12. The highest BCUT2D eigenvalue weighted by molar-refractivity contribution is 9.10. The molecule has 0 saturated heterocycles. The van der Waals surface area contributed by atoms with E-state index in [4.69, 9.17) is 9.47 Å². The fourth-order valence-corrected chi connectivity index (χ4v) is 2.54. The van der Waals surface area contributed by atoms with Crippen LogP contribution in [-0.4, -0.2) is 20.3 Å². The number of hydrogen-bond acceptors (Lipinski definition) is 3. The molecule has 2 aromatic rings. The summed E-state index contributed by atoms with van der Waals surface area (Å²) in [6.07, 6.45) is 0. The van der Waals surface area contributed by atoms with Gasteiger partial charge in [-0.2, -0.15) is 0 Å². The molecule has 2 N–H and O–H groups in total. The molecule has 0 aliphatic rings. The Kier molecular flexibility index (Phi) is 5.87. The molecular weight excluding hydrogens is 360 g/mol. The molecule has 1 unspecified atom stereocenters. The minimum atomic E-state index is -0.316. The summed E-state index contributed by atoms with van der Waals surface area (Å²) in [7, 11) is 3.12. The molecule has 0 saturated carbocycles. The number of rotatable bonds is 5. The lowest BCUT2D eigenvalue weighted by atomic mass is 10.1. The molecule has 0 fully saturated rings. The number of anilines is 1. The first-order valence-corrected chi connectivity index (χ1v) is 7.87. The van der Waals surface area contributed by atoms with Crippen LogP contribution in [0.25, 0.3) is 0 Å². The second-order valence-corrected chi connectivity index (χ2v) is 5.86. The molecule has 0 heterocycles. The SMILES string of the molecule is COc1ccc(OC)c(NC(=O)NC(C)c2cccc(Br)c2)c1. The normalized spacial score (nSPS) is 11.5. The largest absolute Gasteiger partial charge is 0.497 e. The lowest BCUT2D eigenvalue weighted by Gasteiger charge is -2.17. The zero-order valence-electron chi connectivity index (χ0n) is 13.2. The van der Waals surface area contributed by atoms with Gasteiger partial charge in [-0.05, 0) is 36.8 Å². The number of carbonyl (C=O) groups is 1. The molecule has 23 heavy (non-hydrogen) atoms. The number of methoxy groups -OCH3 is 2. The second kappa shape index (κ2) is 7.87. The van der Waals surface area contributed by atoms with Crippen molar-refractivity contribution < 1.29 is 14.3 Å². The Hall–Kier alpha value is -2.21. The van der Waals surface area contributed by atoms with E-state index in [1.165, 1.54) is 0 Å². The molecular formula is C17H19BrN2O3. The number of ether oxygens (including phenoxy) is 2. The van der Waals surface area contributed by atoms with Crippen molar-refractivity contribution in [3.8, 4) is 11.5 Å². The standard InChI is InChI=1S/C17H19BrN2O3/c1-11(12-5-4-6-13(18)9-12)19-17(21)20-15-10-14(22-2)7-8-16(15)23-3/h4-11H,1-3H3,(H2,19,20,21). The van der Waals surface area contributed by atoms with Crippen molar-refractivity contribution in [1.82, 2.24) is 5.32 Å². The summed E-state index contributed by atoms with van der Waals surface area (Å²) >= 11 is 3.43. The van der Waals surface area contributed by atoms with Gasteiger partial charge in [-0.3, -0.25) is 0 Å². The maximum Gasteiger partial charge on any atom is 0.319 e. The second-order valence-electron chi connectivity index (χ2n) is 4.94. The number of halogens is 1. The van der Waals surface area contributed by atoms with Gasteiger partial charge in [0.05, 0.1) is 25.9 Å². The maximum atomic E-state index is 12.2. The summed E-state index contributed by atoms with van der Waals surface area (Å²) in [5.74, 6) is 1.21. The van der Waals surface area contributed by atoms with E-state index in [0.29, 0.717) is 17.2 Å². The van der Waals surface area contributed by atoms with E-state index in [1.54, 1.807) is 32.4 Å². The monoisotopic (exact) mass is 378 g/mol. The molecule has 0 radical (unpaired) electrons. The molecule has 1 atom stereocenters. The van der Waals surface area contributed by atoms with Gasteiger partial charge in [0.25, 0.3) is 0 Å². The smallest absolute Gasteiger partial charge is 0.319 e. The van der Waals surface area contributed by atoms with Gasteiger partial charge in [0.2, 0.25) is 0 Å². The van der Waals surface area contributed by atoms with Gasteiger partial charge in [0, 0.05) is 10.5 Å². The third-order valence-electron chi connectivity index (χ3n) is 3.35. The molecule has 0 bridgehead atoms. The molecule has 6 heteroatoms. The minimum Gasteiger partial charge on any atom is -0.497 e. The first kappa shape index (κ1) is 17.1. The number of benzene rings is 2. The number of hydrogen-bond donors (Lipinski definition) is 2. The average Bonchev–Trinajstić information content (AvgIpc) is 2.54. The van der Waals surface area contributed by atoms with Gasteiger partial charge in [-0.25, -0.2) is 4.79 Å². The van der Waals surface area contributed by atoms with Gasteiger partial charge in [-0.15, -0.1) is 0 Å². The van der Waals surface area contributed by atoms with Crippen molar-refractivity contribution in [3.63, 3.8) is 0 Å². The molecule has 0 aliphatic carbocycles. The Morgan fingerprint density at radius 3 is 2.57 bits per heavy atom. The molecule has 0 spiro atoms. The van der Waals surface area contributed by atoms with E-state index in [0.717, 1.165) is 10.0 Å². The molecule has 122 valence electrons. The quantitative estimate of drug-likeness (QED) is 0.812. The van der Waals surface area contributed by atoms with Crippen LogP contribution >= 0.6 is 15.9 Å².